The van der Waals surface area contributed by atoms with Crippen LogP contribution in [0.25, 0.3) is 0 Å². The molecule has 20 heavy (non-hydrogen) atoms. The number of H-pyrrole nitrogens is 1. The number of carbonyl (C=O) groups is 2. The molecule has 0 aliphatic carbocycles. The van der Waals surface area contributed by atoms with Gasteiger partial charge < -0.3 is 15.2 Å². The smallest absolute Gasteiger partial charge is 0.328 e. The summed E-state index contributed by atoms with van der Waals surface area (Å²) in [5, 5.41) is 11.4. The van der Waals surface area contributed by atoms with Crippen LogP contribution in [0, 0.1) is 5.92 Å². The molecule has 2 unspecified atom stereocenters. The number of carbonyl (C=O) groups excluding carboxylic acids is 1. The maximum absolute atomic E-state index is 11.8. The third-order valence-electron chi connectivity index (χ3n) is 2.95. The van der Waals surface area contributed by atoms with Crippen LogP contribution in [0.2, 0.25) is 0 Å². The van der Waals surface area contributed by atoms with Gasteiger partial charge in [0.25, 0.3) is 5.56 Å². The molecule has 9 heteroatoms. The summed E-state index contributed by atoms with van der Waals surface area (Å²) in [5.74, 6) is -2.37. The van der Waals surface area contributed by atoms with E-state index in [1.54, 1.807) is 0 Å². The Balaban J connectivity index is 2.00. The van der Waals surface area contributed by atoms with Gasteiger partial charge >= 0.3 is 11.7 Å². The van der Waals surface area contributed by atoms with Crippen LogP contribution in [0.1, 0.15) is 0 Å². The summed E-state index contributed by atoms with van der Waals surface area (Å²) >= 11 is 0. The largest absolute Gasteiger partial charge is 0.481 e. The topological polar surface area (TPSA) is 130 Å². The average molecular weight is 283 g/mol. The highest BCUT2D eigenvalue weighted by Gasteiger charge is 2.34. The van der Waals surface area contributed by atoms with E-state index in [4.69, 9.17) is 9.84 Å². The van der Waals surface area contributed by atoms with Gasteiger partial charge in [0.1, 0.15) is 12.5 Å². The van der Waals surface area contributed by atoms with E-state index in [9.17, 15) is 19.2 Å². The van der Waals surface area contributed by atoms with Gasteiger partial charge in [0, 0.05) is 12.3 Å². The average Bonchev–Trinajstić information content (AvgIpc) is 2.81. The molecule has 3 N–H and O–H groups in total. The number of aromatic nitrogens is 2. The van der Waals surface area contributed by atoms with Gasteiger partial charge in [0.15, 0.2) is 0 Å². The Morgan fingerprint density at radius 2 is 2.20 bits per heavy atom. The molecule has 1 aliphatic heterocycles. The standard InChI is InChI=1S/C11H13N3O6/c15-8-1-2-14(11(19)13-8)3-9(16)12-7-5-20-4-6(7)10(17)18/h1-2,6-7H,3-5H2,(H,12,16)(H,17,18)(H,13,15,19). The molecule has 0 bridgehead atoms. The van der Waals surface area contributed by atoms with Crippen LogP contribution in [-0.4, -0.2) is 45.8 Å². The fourth-order valence-corrected chi connectivity index (χ4v) is 1.92. The van der Waals surface area contributed by atoms with Crippen molar-refractivity contribution in [3.63, 3.8) is 0 Å². The zero-order valence-corrected chi connectivity index (χ0v) is 10.4. The summed E-state index contributed by atoms with van der Waals surface area (Å²) in [6.07, 6.45) is 1.20. The lowest BCUT2D eigenvalue weighted by atomic mass is 10.0. The van der Waals surface area contributed by atoms with Gasteiger partial charge in [-0.25, -0.2) is 4.79 Å². The molecule has 108 valence electrons. The highest BCUT2D eigenvalue weighted by molar-refractivity contribution is 5.78. The highest BCUT2D eigenvalue weighted by atomic mass is 16.5. The lowest BCUT2D eigenvalue weighted by molar-refractivity contribution is -0.142. The van der Waals surface area contributed by atoms with Gasteiger partial charge in [-0.15, -0.1) is 0 Å². The number of carboxylic acid groups (broad SMARTS) is 1. The quantitative estimate of drug-likeness (QED) is 0.572. The van der Waals surface area contributed by atoms with E-state index >= 15 is 0 Å². The SMILES string of the molecule is O=C(Cn1ccc(=O)[nH]c1=O)NC1COCC1C(=O)O. The molecular formula is C11H13N3O6. The molecule has 2 atom stereocenters. The zero-order valence-electron chi connectivity index (χ0n) is 10.4. The van der Waals surface area contributed by atoms with Crippen LogP contribution >= 0.6 is 0 Å². The van der Waals surface area contributed by atoms with Crippen molar-refractivity contribution in [1.29, 1.82) is 0 Å². The van der Waals surface area contributed by atoms with Crippen LogP contribution in [-0.2, 0) is 20.9 Å². The molecule has 2 heterocycles. The number of hydrogen-bond acceptors (Lipinski definition) is 5. The first-order valence-electron chi connectivity index (χ1n) is 5.87. The maximum atomic E-state index is 11.8. The van der Waals surface area contributed by atoms with Crippen molar-refractivity contribution in [3.05, 3.63) is 33.1 Å². The molecular weight excluding hydrogens is 270 g/mol. The Kier molecular flexibility index (Phi) is 3.99. The van der Waals surface area contributed by atoms with E-state index in [1.165, 1.54) is 6.20 Å². The summed E-state index contributed by atoms with van der Waals surface area (Å²) in [6, 6.07) is 0.492. The third kappa shape index (κ3) is 3.12. The zero-order chi connectivity index (χ0) is 14.7. The predicted octanol–water partition coefficient (Wildman–Crippen LogP) is -2.25. The monoisotopic (exact) mass is 283 g/mol. The molecule has 1 fully saturated rings. The molecule has 1 amide bonds. The van der Waals surface area contributed by atoms with Gasteiger partial charge in [0.05, 0.1) is 19.3 Å². The summed E-state index contributed by atoms with van der Waals surface area (Å²) in [4.78, 5) is 47.0. The third-order valence-corrected chi connectivity index (χ3v) is 2.95. The molecule has 0 aromatic carbocycles. The van der Waals surface area contributed by atoms with Crippen LogP contribution in [0.4, 0.5) is 0 Å². The van der Waals surface area contributed by atoms with E-state index in [0.29, 0.717) is 0 Å². The lowest BCUT2D eigenvalue weighted by Crippen LogP contribution is -2.45. The normalized spacial score (nSPS) is 21.6. The second kappa shape index (κ2) is 5.70. The highest BCUT2D eigenvalue weighted by Crippen LogP contribution is 2.13. The Hall–Kier alpha value is -2.42. The van der Waals surface area contributed by atoms with Crippen molar-refractivity contribution in [1.82, 2.24) is 14.9 Å². The predicted molar refractivity (Wildman–Crippen MR) is 65.2 cm³/mol. The minimum Gasteiger partial charge on any atom is -0.481 e. The van der Waals surface area contributed by atoms with Crippen molar-refractivity contribution >= 4 is 11.9 Å². The van der Waals surface area contributed by atoms with E-state index in [-0.39, 0.29) is 19.8 Å². The summed E-state index contributed by atoms with van der Waals surface area (Å²) < 4.78 is 6.03. The van der Waals surface area contributed by atoms with Crippen molar-refractivity contribution in [2.45, 2.75) is 12.6 Å². The van der Waals surface area contributed by atoms with E-state index in [0.717, 1.165) is 10.6 Å². The Morgan fingerprint density at radius 1 is 1.45 bits per heavy atom. The molecule has 0 spiro atoms. The fraction of sp³-hybridized carbons (Fsp3) is 0.455. The van der Waals surface area contributed by atoms with Crippen molar-refractivity contribution < 1.29 is 19.4 Å². The van der Waals surface area contributed by atoms with Gasteiger partial charge in [-0.3, -0.25) is 23.9 Å². The second-order valence-electron chi connectivity index (χ2n) is 4.39. The minimum atomic E-state index is -1.05. The number of nitrogens with one attached hydrogen (secondary N) is 2. The molecule has 2 rings (SSSR count). The number of rotatable bonds is 4. The van der Waals surface area contributed by atoms with Crippen molar-refractivity contribution in [3.8, 4) is 0 Å². The second-order valence-corrected chi connectivity index (χ2v) is 4.39. The number of hydrogen-bond donors (Lipinski definition) is 3. The number of aliphatic carboxylic acids is 1. The molecule has 0 radical (unpaired) electrons. The van der Waals surface area contributed by atoms with Gasteiger partial charge in [-0.1, -0.05) is 0 Å². The molecule has 1 aliphatic rings. The van der Waals surface area contributed by atoms with Crippen LogP contribution in [0.5, 0.6) is 0 Å². The van der Waals surface area contributed by atoms with Crippen molar-refractivity contribution in [2.75, 3.05) is 13.2 Å². The lowest BCUT2D eigenvalue weighted by Gasteiger charge is -2.15. The van der Waals surface area contributed by atoms with Gasteiger partial charge in [-0.05, 0) is 0 Å². The maximum Gasteiger partial charge on any atom is 0.328 e. The molecule has 9 nitrogen and oxygen atoms in total. The summed E-state index contributed by atoms with van der Waals surface area (Å²) in [6.45, 7) is -0.152. The van der Waals surface area contributed by atoms with Gasteiger partial charge in [0.2, 0.25) is 5.91 Å². The van der Waals surface area contributed by atoms with E-state index in [1.807, 2.05) is 4.98 Å². The number of carboxylic acids is 1. The fourth-order valence-electron chi connectivity index (χ4n) is 1.92. The number of amides is 1. The Morgan fingerprint density at radius 3 is 2.85 bits per heavy atom. The van der Waals surface area contributed by atoms with E-state index in [2.05, 4.69) is 5.32 Å². The Bertz CT molecular complexity index is 634. The first-order chi connectivity index (χ1) is 9.47. The number of nitrogens with zero attached hydrogens (tertiary/aromatic N) is 1. The molecule has 1 aromatic rings. The van der Waals surface area contributed by atoms with Crippen LogP contribution in [0.3, 0.4) is 0 Å². The number of aromatic amines is 1. The minimum absolute atomic E-state index is 0.0406. The summed E-state index contributed by atoms with van der Waals surface area (Å²) in [5.41, 5.74) is -1.26. The van der Waals surface area contributed by atoms with Crippen LogP contribution < -0.4 is 16.6 Å². The van der Waals surface area contributed by atoms with E-state index < -0.39 is 35.1 Å². The molecule has 1 aromatic heterocycles. The first kappa shape index (κ1) is 14.0. The van der Waals surface area contributed by atoms with Gasteiger partial charge in [-0.2, -0.15) is 0 Å². The first-order valence-corrected chi connectivity index (χ1v) is 5.87. The van der Waals surface area contributed by atoms with Crippen molar-refractivity contribution in [2.24, 2.45) is 5.92 Å². The Labute approximate surface area is 112 Å². The molecule has 1 saturated heterocycles. The van der Waals surface area contributed by atoms with Crippen LogP contribution in [0.15, 0.2) is 21.9 Å². The molecule has 0 saturated carbocycles. The summed E-state index contributed by atoms with van der Waals surface area (Å²) in [7, 11) is 0. The number of ether oxygens (including phenoxy) is 1.